The summed E-state index contributed by atoms with van der Waals surface area (Å²) in [5.41, 5.74) is 0. The van der Waals surface area contributed by atoms with Crippen LogP contribution >= 0.6 is 11.8 Å². The maximum absolute atomic E-state index is 13.2. The molecule has 2 aliphatic heterocycles. The first-order valence-electron chi connectivity index (χ1n) is 10.5. The van der Waals surface area contributed by atoms with E-state index >= 15 is 0 Å². The van der Waals surface area contributed by atoms with Gasteiger partial charge >= 0.3 is 6.09 Å². The highest BCUT2D eigenvalue weighted by molar-refractivity contribution is 7.98. The first kappa shape index (κ1) is 23.8. The van der Waals surface area contributed by atoms with Crippen molar-refractivity contribution in [1.82, 2.24) is 14.9 Å². The van der Waals surface area contributed by atoms with Gasteiger partial charge in [0.25, 0.3) is 5.91 Å². The van der Waals surface area contributed by atoms with Gasteiger partial charge in [-0.1, -0.05) is 20.8 Å². The summed E-state index contributed by atoms with van der Waals surface area (Å²) in [5.74, 6) is 0.924. The lowest BCUT2D eigenvalue weighted by Gasteiger charge is -2.52. The smallest absolute Gasteiger partial charge is 0.436 e. The average Bonchev–Trinajstić information content (AvgIpc) is 2.65. The summed E-state index contributed by atoms with van der Waals surface area (Å²) >= 11 is 1.63. The highest BCUT2D eigenvalue weighted by Crippen LogP contribution is 2.31. The highest BCUT2D eigenvalue weighted by atomic mass is 32.2. The summed E-state index contributed by atoms with van der Waals surface area (Å²) in [5, 5.41) is 1.18. The number of carbonyl (C=O) groups is 3. The van der Waals surface area contributed by atoms with E-state index in [4.69, 9.17) is 9.57 Å². The minimum Gasteiger partial charge on any atom is -0.445 e. The lowest BCUT2D eigenvalue weighted by Crippen LogP contribution is -2.73. The minimum atomic E-state index is -0.794. The number of hydrogen-bond acceptors (Lipinski definition) is 6. The SMILES string of the molecule is CC[C@H]1ON(C(=O)OC(C)C)C2CN(CCC(C)C)C(=O)[C@H](CCSC)N2C1=O. The molecular weight excluding hydrogens is 394 g/mol. The van der Waals surface area contributed by atoms with Gasteiger partial charge in [0, 0.05) is 6.54 Å². The van der Waals surface area contributed by atoms with E-state index in [0.29, 0.717) is 25.3 Å². The number of piperazine rings is 1. The lowest BCUT2D eigenvalue weighted by molar-refractivity contribution is -0.267. The van der Waals surface area contributed by atoms with Gasteiger partial charge in [-0.2, -0.15) is 16.8 Å². The predicted molar refractivity (Wildman–Crippen MR) is 112 cm³/mol. The molecule has 9 heteroatoms. The zero-order valence-electron chi connectivity index (χ0n) is 18.4. The number of amides is 3. The number of thioether (sulfide) groups is 1. The van der Waals surface area contributed by atoms with Gasteiger partial charge in [0.2, 0.25) is 5.91 Å². The second-order valence-corrected chi connectivity index (χ2v) is 9.24. The van der Waals surface area contributed by atoms with Gasteiger partial charge < -0.3 is 14.5 Å². The maximum Gasteiger partial charge on any atom is 0.436 e. The Morgan fingerprint density at radius 2 is 1.93 bits per heavy atom. The van der Waals surface area contributed by atoms with Gasteiger partial charge in [-0.25, -0.2) is 4.79 Å². The number of ether oxygens (including phenoxy) is 1. The number of nitrogens with zero attached hydrogens (tertiary/aromatic N) is 3. The number of hydroxylamine groups is 2. The van der Waals surface area contributed by atoms with Crippen LogP contribution in [0.5, 0.6) is 0 Å². The molecule has 0 saturated carbocycles. The van der Waals surface area contributed by atoms with Gasteiger partial charge in [0.15, 0.2) is 12.3 Å². The molecule has 166 valence electrons. The Morgan fingerprint density at radius 3 is 2.48 bits per heavy atom. The lowest BCUT2D eigenvalue weighted by atomic mass is 10.0. The van der Waals surface area contributed by atoms with E-state index in [-0.39, 0.29) is 24.5 Å². The van der Waals surface area contributed by atoms with Crippen LogP contribution in [0.2, 0.25) is 0 Å². The van der Waals surface area contributed by atoms with Crippen LogP contribution in [0.3, 0.4) is 0 Å². The van der Waals surface area contributed by atoms with Gasteiger partial charge in [-0.15, -0.1) is 0 Å². The third-order valence-electron chi connectivity index (χ3n) is 5.14. The molecule has 8 nitrogen and oxygen atoms in total. The predicted octanol–water partition coefficient (Wildman–Crippen LogP) is 2.72. The molecule has 0 aromatic heterocycles. The molecule has 0 bridgehead atoms. The molecule has 2 fully saturated rings. The van der Waals surface area contributed by atoms with Crippen molar-refractivity contribution in [3.63, 3.8) is 0 Å². The molecule has 2 aliphatic rings. The third kappa shape index (κ3) is 5.57. The molecule has 29 heavy (non-hydrogen) atoms. The Hall–Kier alpha value is -1.48. The molecule has 2 rings (SSSR count). The average molecular weight is 430 g/mol. The van der Waals surface area contributed by atoms with Gasteiger partial charge in [-0.05, 0) is 51.0 Å². The summed E-state index contributed by atoms with van der Waals surface area (Å²) in [4.78, 5) is 48.2. The Morgan fingerprint density at radius 1 is 1.24 bits per heavy atom. The Bertz CT molecular complexity index is 601. The Balaban J connectivity index is 2.37. The normalized spacial score (nSPS) is 25.1. The van der Waals surface area contributed by atoms with E-state index in [1.807, 2.05) is 13.2 Å². The van der Waals surface area contributed by atoms with Crippen molar-refractivity contribution in [1.29, 1.82) is 0 Å². The second-order valence-electron chi connectivity index (χ2n) is 8.25. The fourth-order valence-electron chi connectivity index (χ4n) is 3.59. The van der Waals surface area contributed by atoms with Gasteiger partial charge in [0.05, 0.1) is 12.6 Å². The summed E-state index contributed by atoms with van der Waals surface area (Å²) in [6.07, 6.45) is 1.39. The van der Waals surface area contributed by atoms with E-state index in [1.165, 1.54) is 5.06 Å². The van der Waals surface area contributed by atoms with E-state index in [2.05, 4.69) is 13.8 Å². The van der Waals surface area contributed by atoms with Crippen LogP contribution in [0, 0.1) is 5.92 Å². The second kappa shape index (κ2) is 10.5. The van der Waals surface area contributed by atoms with Crippen LogP contribution in [-0.2, 0) is 19.2 Å². The zero-order valence-corrected chi connectivity index (χ0v) is 19.2. The van der Waals surface area contributed by atoms with Crippen molar-refractivity contribution in [2.75, 3.05) is 25.1 Å². The molecule has 3 amide bonds. The largest absolute Gasteiger partial charge is 0.445 e. The van der Waals surface area contributed by atoms with Crippen molar-refractivity contribution in [2.24, 2.45) is 5.92 Å². The fraction of sp³-hybridized carbons (Fsp3) is 0.850. The first-order chi connectivity index (χ1) is 13.7. The van der Waals surface area contributed by atoms with Crippen LogP contribution in [0.4, 0.5) is 4.79 Å². The number of rotatable bonds is 8. The summed E-state index contributed by atoms with van der Waals surface area (Å²) in [6, 6.07) is -0.590. The Labute approximate surface area is 178 Å². The van der Waals surface area contributed by atoms with E-state index in [9.17, 15) is 14.4 Å². The minimum absolute atomic E-state index is 0.0433. The highest BCUT2D eigenvalue weighted by Gasteiger charge is 2.52. The van der Waals surface area contributed by atoms with E-state index in [0.717, 1.165) is 12.2 Å². The van der Waals surface area contributed by atoms with Crippen molar-refractivity contribution < 1.29 is 24.0 Å². The number of hydrogen-bond donors (Lipinski definition) is 0. The molecule has 3 atom stereocenters. The van der Waals surface area contributed by atoms with Crippen LogP contribution < -0.4 is 0 Å². The van der Waals surface area contributed by atoms with Crippen LogP contribution in [0.15, 0.2) is 0 Å². The van der Waals surface area contributed by atoms with Crippen molar-refractivity contribution in [2.45, 2.75) is 78.3 Å². The zero-order chi connectivity index (χ0) is 21.7. The molecule has 0 aromatic carbocycles. The molecule has 2 saturated heterocycles. The quantitative estimate of drug-likeness (QED) is 0.590. The fourth-order valence-corrected chi connectivity index (χ4v) is 4.05. The first-order valence-corrected chi connectivity index (χ1v) is 11.9. The summed E-state index contributed by atoms with van der Waals surface area (Å²) < 4.78 is 5.36. The maximum atomic E-state index is 13.2. The standard InChI is InChI=1S/C20H35N3O5S/c1-7-16-19(25)22-15(9-11-29-6)18(24)21(10-8-13(2)3)12-17(22)23(28-16)20(26)27-14(4)5/h13-17H,7-12H2,1-6H3/t15-,16+,17?/m0/s1. The van der Waals surface area contributed by atoms with Crippen molar-refractivity contribution >= 4 is 29.7 Å². The van der Waals surface area contributed by atoms with E-state index < -0.39 is 24.4 Å². The molecule has 0 radical (unpaired) electrons. The molecule has 2 heterocycles. The van der Waals surface area contributed by atoms with E-state index in [1.54, 1.807) is 35.4 Å². The summed E-state index contributed by atoms with van der Waals surface area (Å²) in [6.45, 7) is 10.4. The molecule has 0 N–H and O–H groups in total. The summed E-state index contributed by atoms with van der Waals surface area (Å²) in [7, 11) is 0. The third-order valence-corrected chi connectivity index (χ3v) is 5.78. The monoisotopic (exact) mass is 429 g/mol. The molecule has 0 spiro atoms. The van der Waals surface area contributed by atoms with Crippen LogP contribution in [0.1, 0.15) is 53.9 Å². The van der Waals surface area contributed by atoms with Crippen LogP contribution in [-0.4, -0.2) is 82.3 Å². The molecule has 1 unspecified atom stereocenters. The Kier molecular flexibility index (Phi) is 8.63. The molecular formula is C20H35N3O5S. The van der Waals surface area contributed by atoms with Crippen molar-refractivity contribution in [3.05, 3.63) is 0 Å². The molecule has 0 aromatic rings. The number of fused-ring (bicyclic) bond motifs is 1. The van der Waals surface area contributed by atoms with Gasteiger partial charge in [0.1, 0.15) is 6.04 Å². The topological polar surface area (TPSA) is 79.4 Å². The van der Waals surface area contributed by atoms with Gasteiger partial charge in [-0.3, -0.25) is 14.4 Å². The van der Waals surface area contributed by atoms with Crippen molar-refractivity contribution in [3.8, 4) is 0 Å². The van der Waals surface area contributed by atoms with Crippen LogP contribution in [0.25, 0.3) is 0 Å². The number of carbonyl (C=O) groups excluding carboxylic acids is 3. The molecule has 0 aliphatic carbocycles.